The van der Waals surface area contributed by atoms with Gasteiger partial charge in [-0.2, -0.15) is 10.2 Å². The highest BCUT2D eigenvalue weighted by molar-refractivity contribution is 8.18. The lowest BCUT2D eigenvalue weighted by atomic mass is 10.1. The van der Waals surface area contributed by atoms with E-state index in [0.717, 1.165) is 16.7 Å². The molecule has 1 N–H and O–H groups in total. The van der Waals surface area contributed by atoms with Gasteiger partial charge in [0.2, 0.25) is 0 Å². The maximum Gasteiger partial charge on any atom is 0.293 e. The fourth-order valence-corrected chi connectivity index (χ4v) is 4.02. The maximum atomic E-state index is 12.7. The Morgan fingerprint density at radius 1 is 0.970 bits per heavy atom. The summed E-state index contributed by atoms with van der Waals surface area (Å²) in [4.78, 5) is 26.4. The number of halogens is 1. The van der Waals surface area contributed by atoms with Crippen LogP contribution in [0.1, 0.15) is 5.56 Å². The van der Waals surface area contributed by atoms with Gasteiger partial charge in [0.15, 0.2) is 0 Å². The SMILES string of the molecule is O=C1S/C(=C\c2cc(N=Nc3ccccc3)ccc2O)C(=O)N1CCOc1ccccc1Cl. The van der Waals surface area contributed by atoms with Gasteiger partial charge >= 0.3 is 0 Å². The molecule has 0 spiro atoms. The number of thioether (sulfide) groups is 1. The summed E-state index contributed by atoms with van der Waals surface area (Å²) in [7, 11) is 0. The highest BCUT2D eigenvalue weighted by atomic mass is 35.5. The molecule has 1 aliphatic heterocycles. The lowest BCUT2D eigenvalue weighted by molar-refractivity contribution is -0.123. The van der Waals surface area contributed by atoms with E-state index in [9.17, 15) is 14.7 Å². The minimum absolute atomic E-state index is 0.0393. The Morgan fingerprint density at radius 2 is 1.70 bits per heavy atom. The molecular weight excluding hydrogens is 462 g/mol. The van der Waals surface area contributed by atoms with Crippen molar-refractivity contribution in [3.8, 4) is 11.5 Å². The lowest BCUT2D eigenvalue weighted by Gasteiger charge is -2.13. The van der Waals surface area contributed by atoms with E-state index < -0.39 is 11.1 Å². The molecule has 3 aromatic carbocycles. The average Bonchev–Trinajstić information content (AvgIpc) is 3.08. The van der Waals surface area contributed by atoms with E-state index in [1.807, 2.05) is 30.3 Å². The monoisotopic (exact) mass is 479 g/mol. The minimum Gasteiger partial charge on any atom is -0.507 e. The molecule has 4 rings (SSSR count). The van der Waals surface area contributed by atoms with Crippen LogP contribution in [0, 0.1) is 0 Å². The van der Waals surface area contributed by atoms with Crippen LogP contribution in [-0.4, -0.2) is 34.3 Å². The van der Waals surface area contributed by atoms with Crippen molar-refractivity contribution < 1.29 is 19.4 Å². The van der Waals surface area contributed by atoms with E-state index in [2.05, 4.69) is 10.2 Å². The second-order valence-corrected chi connectivity index (χ2v) is 8.29. The molecule has 0 radical (unpaired) electrons. The third kappa shape index (κ3) is 5.60. The normalized spacial score (nSPS) is 15.1. The highest BCUT2D eigenvalue weighted by Gasteiger charge is 2.35. The van der Waals surface area contributed by atoms with Crippen molar-refractivity contribution in [2.24, 2.45) is 10.2 Å². The number of nitrogens with zero attached hydrogens (tertiary/aromatic N) is 3. The van der Waals surface area contributed by atoms with Gasteiger partial charge in [0.1, 0.15) is 18.1 Å². The summed E-state index contributed by atoms with van der Waals surface area (Å²) in [5.41, 5.74) is 1.54. The van der Waals surface area contributed by atoms with E-state index in [1.54, 1.807) is 36.4 Å². The van der Waals surface area contributed by atoms with E-state index in [0.29, 0.717) is 27.7 Å². The van der Waals surface area contributed by atoms with Crippen LogP contribution in [0.4, 0.5) is 16.2 Å². The summed E-state index contributed by atoms with van der Waals surface area (Å²) < 4.78 is 5.58. The molecule has 0 bridgehead atoms. The van der Waals surface area contributed by atoms with Crippen LogP contribution >= 0.6 is 23.4 Å². The van der Waals surface area contributed by atoms with Gasteiger partial charge in [0.25, 0.3) is 11.1 Å². The zero-order chi connectivity index (χ0) is 23.2. The molecule has 3 aromatic rings. The van der Waals surface area contributed by atoms with Gasteiger partial charge in [-0.25, -0.2) is 0 Å². The quantitative estimate of drug-likeness (QED) is 0.305. The summed E-state index contributed by atoms with van der Waals surface area (Å²) in [5, 5.41) is 18.6. The van der Waals surface area contributed by atoms with Gasteiger partial charge < -0.3 is 9.84 Å². The molecule has 1 fully saturated rings. The molecule has 1 saturated heterocycles. The number of carbonyl (C=O) groups is 2. The second-order valence-electron chi connectivity index (χ2n) is 6.89. The third-order valence-electron chi connectivity index (χ3n) is 4.62. The number of hydrogen-bond donors (Lipinski definition) is 1. The van der Waals surface area contributed by atoms with E-state index in [-0.39, 0.29) is 23.8 Å². The number of imide groups is 1. The zero-order valence-electron chi connectivity index (χ0n) is 17.2. The van der Waals surface area contributed by atoms with Gasteiger partial charge in [-0.1, -0.05) is 41.9 Å². The minimum atomic E-state index is -0.455. The Balaban J connectivity index is 1.45. The number of hydrogen-bond acceptors (Lipinski definition) is 7. The summed E-state index contributed by atoms with van der Waals surface area (Å²) in [5.74, 6) is -0.0147. The Bertz CT molecular complexity index is 1250. The molecule has 0 unspecified atom stereocenters. The Kier molecular flexibility index (Phi) is 7.07. The average molecular weight is 480 g/mol. The molecule has 7 nitrogen and oxygen atoms in total. The predicted octanol–water partition coefficient (Wildman–Crippen LogP) is 6.58. The van der Waals surface area contributed by atoms with Crippen molar-refractivity contribution >= 4 is 52.0 Å². The molecule has 33 heavy (non-hydrogen) atoms. The first kappa shape index (κ1) is 22.6. The first-order chi connectivity index (χ1) is 16.0. The van der Waals surface area contributed by atoms with Gasteiger partial charge in [-0.15, -0.1) is 0 Å². The van der Waals surface area contributed by atoms with E-state index in [1.165, 1.54) is 12.1 Å². The fraction of sp³-hybridized carbons (Fsp3) is 0.0833. The van der Waals surface area contributed by atoms with E-state index in [4.69, 9.17) is 16.3 Å². The van der Waals surface area contributed by atoms with Crippen LogP contribution in [-0.2, 0) is 4.79 Å². The number of para-hydroxylation sites is 1. The second kappa shape index (κ2) is 10.3. The summed E-state index contributed by atoms with van der Waals surface area (Å²) in [6.45, 7) is 0.181. The first-order valence-corrected chi connectivity index (χ1v) is 11.1. The number of phenolic OH excluding ortho intramolecular Hbond substituents is 1. The number of phenols is 1. The van der Waals surface area contributed by atoms with Crippen LogP contribution in [0.25, 0.3) is 6.08 Å². The number of rotatable bonds is 7. The molecule has 0 aliphatic carbocycles. The predicted molar refractivity (Wildman–Crippen MR) is 128 cm³/mol. The molecule has 166 valence electrons. The number of benzene rings is 3. The molecule has 9 heteroatoms. The van der Waals surface area contributed by atoms with Crippen molar-refractivity contribution in [1.82, 2.24) is 4.90 Å². The van der Waals surface area contributed by atoms with Crippen molar-refractivity contribution in [2.75, 3.05) is 13.2 Å². The largest absolute Gasteiger partial charge is 0.507 e. The van der Waals surface area contributed by atoms with Gasteiger partial charge in [-0.05, 0) is 60.3 Å². The van der Waals surface area contributed by atoms with Crippen LogP contribution in [0.15, 0.2) is 87.9 Å². The van der Waals surface area contributed by atoms with Crippen molar-refractivity contribution in [2.45, 2.75) is 0 Å². The number of carbonyl (C=O) groups excluding carboxylic acids is 2. The Morgan fingerprint density at radius 3 is 2.48 bits per heavy atom. The highest BCUT2D eigenvalue weighted by Crippen LogP contribution is 2.35. The smallest absolute Gasteiger partial charge is 0.293 e. The molecule has 1 aliphatic rings. The summed E-state index contributed by atoms with van der Waals surface area (Å²) >= 11 is 6.85. The number of aromatic hydroxyl groups is 1. The van der Waals surface area contributed by atoms with E-state index >= 15 is 0 Å². The molecule has 2 amide bonds. The van der Waals surface area contributed by atoms with Gasteiger partial charge in [0.05, 0.1) is 27.8 Å². The maximum absolute atomic E-state index is 12.7. The summed E-state index contributed by atoms with van der Waals surface area (Å²) in [6.07, 6.45) is 1.47. The molecule has 1 heterocycles. The Labute approximate surface area is 199 Å². The molecule has 0 saturated carbocycles. The van der Waals surface area contributed by atoms with Crippen molar-refractivity contribution in [3.63, 3.8) is 0 Å². The number of ether oxygens (including phenoxy) is 1. The molecular formula is C24H18ClN3O4S. The number of azo groups is 1. The fourth-order valence-electron chi connectivity index (χ4n) is 2.97. The van der Waals surface area contributed by atoms with Gasteiger partial charge in [0, 0.05) is 5.56 Å². The van der Waals surface area contributed by atoms with Crippen LogP contribution in [0.2, 0.25) is 5.02 Å². The van der Waals surface area contributed by atoms with Crippen LogP contribution in [0.5, 0.6) is 11.5 Å². The van der Waals surface area contributed by atoms with Crippen LogP contribution in [0.3, 0.4) is 0 Å². The standard InChI is InChI=1S/C24H18ClN3O4S/c25-19-8-4-5-9-21(19)32-13-12-28-23(30)22(33-24(28)31)15-16-14-18(10-11-20(16)29)27-26-17-6-2-1-3-7-17/h1-11,14-15,29H,12-13H2/b22-15-,27-26?. The zero-order valence-corrected chi connectivity index (χ0v) is 18.8. The molecule has 0 aromatic heterocycles. The van der Waals surface area contributed by atoms with Crippen LogP contribution < -0.4 is 4.74 Å². The molecule has 0 atom stereocenters. The topological polar surface area (TPSA) is 91.6 Å². The van der Waals surface area contributed by atoms with Crippen molar-refractivity contribution in [1.29, 1.82) is 0 Å². The summed E-state index contributed by atoms with van der Waals surface area (Å²) in [6, 6.07) is 20.9. The van der Waals surface area contributed by atoms with Gasteiger partial charge in [-0.3, -0.25) is 14.5 Å². The van der Waals surface area contributed by atoms with Crippen molar-refractivity contribution in [3.05, 3.63) is 88.3 Å². The lowest BCUT2D eigenvalue weighted by Crippen LogP contribution is -2.32. The Hall–Kier alpha value is -3.62. The third-order valence-corrected chi connectivity index (χ3v) is 5.84. The number of amides is 2. The first-order valence-electron chi connectivity index (χ1n) is 9.94.